The van der Waals surface area contributed by atoms with Gasteiger partial charge < -0.3 is 5.11 Å². The minimum atomic E-state index is -1.10. The van der Waals surface area contributed by atoms with E-state index in [1.165, 1.54) is 0 Å². The van der Waals surface area contributed by atoms with Crippen LogP contribution in [-0.4, -0.2) is 16.2 Å². The van der Waals surface area contributed by atoms with Gasteiger partial charge in [-0.1, -0.05) is 17.7 Å². The van der Waals surface area contributed by atoms with E-state index in [9.17, 15) is 4.79 Å². The van der Waals surface area contributed by atoms with E-state index in [4.69, 9.17) is 16.7 Å². The molecule has 15 heavy (non-hydrogen) atoms. The van der Waals surface area contributed by atoms with Crippen LogP contribution in [0.5, 0.6) is 0 Å². The van der Waals surface area contributed by atoms with E-state index in [0.717, 1.165) is 5.39 Å². The van der Waals surface area contributed by atoms with Gasteiger partial charge in [0.05, 0.1) is 11.2 Å². The van der Waals surface area contributed by atoms with Gasteiger partial charge in [0.2, 0.25) is 0 Å². The predicted octanol–water partition coefficient (Wildman–Crippen LogP) is 2.98. The van der Waals surface area contributed by atoms with Crippen molar-refractivity contribution in [3.63, 3.8) is 0 Å². The standard InChI is InChI=1S/C10H7ClN2O2/c11-9-5-4-6-7(12-9)2-1-3-8(6)13-10(14)15/h1-5,13H,(H,14,15). The fraction of sp³-hybridized carbons (Fsp3) is 0. The Morgan fingerprint density at radius 3 is 2.87 bits per heavy atom. The molecule has 0 unspecified atom stereocenters. The lowest BCUT2D eigenvalue weighted by Gasteiger charge is -2.05. The highest BCUT2D eigenvalue weighted by Crippen LogP contribution is 2.23. The summed E-state index contributed by atoms with van der Waals surface area (Å²) in [7, 11) is 0. The molecule has 0 bridgehead atoms. The Morgan fingerprint density at radius 2 is 2.13 bits per heavy atom. The van der Waals surface area contributed by atoms with Gasteiger partial charge in [-0.15, -0.1) is 0 Å². The maximum Gasteiger partial charge on any atom is 0.409 e. The lowest BCUT2D eigenvalue weighted by Crippen LogP contribution is -2.07. The van der Waals surface area contributed by atoms with Crippen LogP contribution in [0.2, 0.25) is 5.15 Å². The molecule has 2 aromatic rings. The van der Waals surface area contributed by atoms with Gasteiger partial charge in [-0.2, -0.15) is 0 Å². The van der Waals surface area contributed by atoms with Crippen LogP contribution in [0.1, 0.15) is 0 Å². The molecule has 1 aromatic carbocycles. The fourth-order valence-corrected chi connectivity index (χ4v) is 1.51. The Bertz CT molecular complexity index is 528. The number of halogens is 1. The fourth-order valence-electron chi connectivity index (χ4n) is 1.35. The lowest BCUT2D eigenvalue weighted by atomic mass is 10.2. The molecule has 0 saturated heterocycles. The smallest absolute Gasteiger partial charge is 0.409 e. The maximum atomic E-state index is 10.5. The highest BCUT2D eigenvalue weighted by Gasteiger charge is 2.04. The molecule has 0 aliphatic heterocycles. The van der Waals surface area contributed by atoms with Crippen LogP contribution in [-0.2, 0) is 0 Å². The van der Waals surface area contributed by atoms with Crippen LogP contribution in [0.3, 0.4) is 0 Å². The van der Waals surface area contributed by atoms with Crippen molar-refractivity contribution in [2.75, 3.05) is 5.32 Å². The number of nitrogens with one attached hydrogen (secondary N) is 1. The second kappa shape index (κ2) is 3.74. The second-order valence-electron chi connectivity index (χ2n) is 2.94. The molecule has 0 fully saturated rings. The number of carbonyl (C=O) groups is 1. The van der Waals surface area contributed by atoms with Crippen molar-refractivity contribution >= 4 is 34.3 Å². The molecule has 0 aliphatic rings. The van der Waals surface area contributed by atoms with E-state index in [2.05, 4.69) is 10.3 Å². The summed E-state index contributed by atoms with van der Waals surface area (Å²) in [6.07, 6.45) is -1.10. The molecular weight excluding hydrogens is 216 g/mol. The van der Waals surface area contributed by atoms with Crippen LogP contribution in [0.15, 0.2) is 30.3 Å². The number of rotatable bonds is 1. The quantitative estimate of drug-likeness (QED) is 0.729. The predicted molar refractivity (Wildman–Crippen MR) is 58.4 cm³/mol. The number of pyridine rings is 1. The van der Waals surface area contributed by atoms with Crippen molar-refractivity contribution in [2.24, 2.45) is 0 Å². The SMILES string of the molecule is O=C(O)Nc1cccc2nc(Cl)ccc12. The Labute approximate surface area is 90.5 Å². The molecule has 2 rings (SSSR count). The molecule has 1 aromatic heterocycles. The Hall–Kier alpha value is -1.81. The number of anilines is 1. The molecule has 0 aliphatic carbocycles. The van der Waals surface area contributed by atoms with Crippen molar-refractivity contribution in [1.29, 1.82) is 0 Å². The van der Waals surface area contributed by atoms with Crippen molar-refractivity contribution in [3.8, 4) is 0 Å². The van der Waals surface area contributed by atoms with Crippen LogP contribution in [0.25, 0.3) is 10.9 Å². The number of nitrogens with zero attached hydrogens (tertiary/aromatic N) is 1. The zero-order valence-electron chi connectivity index (χ0n) is 7.57. The van der Waals surface area contributed by atoms with E-state index in [1.807, 2.05) is 0 Å². The average molecular weight is 223 g/mol. The Kier molecular flexibility index (Phi) is 2.43. The molecule has 5 heteroatoms. The first kappa shape index (κ1) is 9.73. The van der Waals surface area contributed by atoms with Crippen molar-refractivity contribution < 1.29 is 9.90 Å². The van der Waals surface area contributed by atoms with Crippen molar-refractivity contribution in [1.82, 2.24) is 4.98 Å². The minimum absolute atomic E-state index is 0.384. The van der Waals surface area contributed by atoms with Gasteiger partial charge in [-0.25, -0.2) is 9.78 Å². The third-order valence-corrected chi connectivity index (χ3v) is 2.15. The zero-order valence-corrected chi connectivity index (χ0v) is 8.32. The molecule has 4 nitrogen and oxygen atoms in total. The molecule has 2 N–H and O–H groups in total. The van der Waals surface area contributed by atoms with E-state index < -0.39 is 6.09 Å². The first-order valence-corrected chi connectivity index (χ1v) is 4.60. The van der Waals surface area contributed by atoms with Gasteiger partial charge in [-0.05, 0) is 24.3 Å². The Balaban J connectivity index is 2.60. The third-order valence-electron chi connectivity index (χ3n) is 1.94. The number of carboxylic acid groups (broad SMARTS) is 1. The van der Waals surface area contributed by atoms with Gasteiger partial charge in [0.15, 0.2) is 0 Å². The van der Waals surface area contributed by atoms with Gasteiger partial charge in [-0.3, -0.25) is 5.32 Å². The summed E-state index contributed by atoms with van der Waals surface area (Å²) in [5, 5.41) is 12.0. The van der Waals surface area contributed by atoms with E-state index >= 15 is 0 Å². The molecule has 0 saturated carbocycles. The molecule has 0 atom stereocenters. The maximum absolute atomic E-state index is 10.5. The number of amides is 1. The van der Waals surface area contributed by atoms with E-state index in [1.54, 1.807) is 30.3 Å². The van der Waals surface area contributed by atoms with Crippen LogP contribution in [0, 0.1) is 0 Å². The summed E-state index contributed by atoms with van der Waals surface area (Å²) >= 11 is 5.73. The molecule has 1 amide bonds. The van der Waals surface area contributed by atoms with Gasteiger partial charge >= 0.3 is 6.09 Å². The molecule has 1 heterocycles. The summed E-state index contributed by atoms with van der Waals surface area (Å²) in [6.45, 7) is 0. The van der Waals surface area contributed by atoms with Crippen LogP contribution >= 0.6 is 11.6 Å². The molecule has 76 valence electrons. The zero-order chi connectivity index (χ0) is 10.8. The van der Waals surface area contributed by atoms with E-state index in [-0.39, 0.29) is 0 Å². The second-order valence-corrected chi connectivity index (χ2v) is 3.32. The van der Waals surface area contributed by atoms with Gasteiger partial charge in [0, 0.05) is 5.39 Å². The summed E-state index contributed by atoms with van der Waals surface area (Å²) in [5.41, 5.74) is 1.16. The summed E-state index contributed by atoms with van der Waals surface area (Å²) in [6, 6.07) is 8.52. The normalized spacial score (nSPS) is 10.2. The molecule has 0 spiro atoms. The topological polar surface area (TPSA) is 62.2 Å². The van der Waals surface area contributed by atoms with Crippen LogP contribution < -0.4 is 5.32 Å². The van der Waals surface area contributed by atoms with Crippen LogP contribution in [0.4, 0.5) is 10.5 Å². The monoisotopic (exact) mass is 222 g/mol. The van der Waals surface area contributed by atoms with Crippen molar-refractivity contribution in [3.05, 3.63) is 35.5 Å². The Morgan fingerprint density at radius 1 is 1.33 bits per heavy atom. The number of hydrogen-bond donors (Lipinski definition) is 2. The highest BCUT2D eigenvalue weighted by molar-refractivity contribution is 6.29. The molecule has 0 radical (unpaired) electrons. The number of benzene rings is 1. The lowest BCUT2D eigenvalue weighted by molar-refractivity contribution is 0.210. The van der Waals surface area contributed by atoms with Gasteiger partial charge in [0.1, 0.15) is 5.15 Å². The van der Waals surface area contributed by atoms with Crippen molar-refractivity contribution in [2.45, 2.75) is 0 Å². The van der Waals surface area contributed by atoms with Gasteiger partial charge in [0.25, 0.3) is 0 Å². The largest absolute Gasteiger partial charge is 0.465 e. The minimum Gasteiger partial charge on any atom is -0.465 e. The number of aromatic nitrogens is 1. The summed E-state index contributed by atoms with van der Waals surface area (Å²) in [5.74, 6) is 0. The summed E-state index contributed by atoms with van der Waals surface area (Å²) < 4.78 is 0. The molecular formula is C10H7ClN2O2. The first-order chi connectivity index (χ1) is 7.16. The number of fused-ring (bicyclic) bond motifs is 1. The number of hydrogen-bond acceptors (Lipinski definition) is 2. The first-order valence-electron chi connectivity index (χ1n) is 4.22. The average Bonchev–Trinajstić information content (AvgIpc) is 2.16. The summed E-state index contributed by atoms with van der Waals surface area (Å²) in [4.78, 5) is 14.6. The van der Waals surface area contributed by atoms with E-state index in [0.29, 0.717) is 16.4 Å². The highest BCUT2D eigenvalue weighted by atomic mass is 35.5. The third kappa shape index (κ3) is 1.99.